The zero-order valence-corrected chi connectivity index (χ0v) is 14.4. The summed E-state index contributed by atoms with van der Waals surface area (Å²) in [5.41, 5.74) is 1.46. The van der Waals surface area contributed by atoms with Crippen molar-refractivity contribution < 1.29 is 14.3 Å². The number of aromatic nitrogens is 2. The molecule has 0 unspecified atom stereocenters. The van der Waals surface area contributed by atoms with E-state index in [0.29, 0.717) is 43.0 Å². The molecule has 5 nitrogen and oxygen atoms in total. The first kappa shape index (κ1) is 17.3. The molecular formula is C20H22N2O3. The van der Waals surface area contributed by atoms with E-state index in [-0.39, 0.29) is 5.41 Å². The molecule has 0 bridgehead atoms. The predicted octanol–water partition coefficient (Wildman–Crippen LogP) is 3.28. The number of hydrogen-bond donors (Lipinski definition) is 0. The van der Waals surface area contributed by atoms with Gasteiger partial charge in [0.25, 0.3) is 0 Å². The van der Waals surface area contributed by atoms with Crippen LogP contribution in [0.4, 0.5) is 0 Å². The van der Waals surface area contributed by atoms with Crippen LogP contribution in [0.3, 0.4) is 0 Å². The fourth-order valence-corrected chi connectivity index (χ4v) is 3.44. The standard InChI is InChI=1S/C20H22N2O3/c1-2-25-19(24)15-13-21-18(22-14-15)12-20(10-8-17(23)9-11-20)16-6-4-3-5-7-16/h3-7,13-14H,2,8-12H2,1H3. The number of hydrogen-bond acceptors (Lipinski definition) is 5. The molecule has 1 heterocycles. The summed E-state index contributed by atoms with van der Waals surface area (Å²) in [4.78, 5) is 32.2. The molecule has 2 aromatic rings. The Morgan fingerprint density at radius 3 is 2.36 bits per heavy atom. The predicted molar refractivity (Wildman–Crippen MR) is 93.3 cm³/mol. The van der Waals surface area contributed by atoms with Crippen LogP contribution in [0, 0.1) is 0 Å². The Morgan fingerprint density at radius 1 is 1.12 bits per heavy atom. The number of carbonyl (C=O) groups is 2. The summed E-state index contributed by atoms with van der Waals surface area (Å²) in [6, 6.07) is 10.3. The Kier molecular flexibility index (Phi) is 5.22. The molecule has 0 amide bonds. The zero-order chi connectivity index (χ0) is 17.7. The summed E-state index contributed by atoms with van der Waals surface area (Å²) in [5.74, 6) is 0.603. The number of Topliss-reactive ketones (excluding diaryl/α,β-unsaturated/α-hetero) is 1. The van der Waals surface area contributed by atoms with Crippen LogP contribution in [0.25, 0.3) is 0 Å². The number of ketones is 1. The molecule has 0 spiro atoms. The Morgan fingerprint density at radius 2 is 1.76 bits per heavy atom. The Hall–Kier alpha value is -2.56. The number of nitrogens with zero attached hydrogens (tertiary/aromatic N) is 2. The van der Waals surface area contributed by atoms with E-state index < -0.39 is 5.97 Å². The molecule has 3 rings (SSSR count). The monoisotopic (exact) mass is 338 g/mol. The molecule has 1 aliphatic carbocycles. The van der Waals surface area contributed by atoms with Gasteiger partial charge in [0.15, 0.2) is 0 Å². The van der Waals surface area contributed by atoms with Gasteiger partial charge in [-0.3, -0.25) is 4.79 Å². The van der Waals surface area contributed by atoms with Crippen molar-refractivity contribution in [3.05, 3.63) is 59.7 Å². The molecule has 5 heteroatoms. The quantitative estimate of drug-likeness (QED) is 0.783. The van der Waals surface area contributed by atoms with Gasteiger partial charge in [0.2, 0.25) is 0 Å². The molecule has 1 aromatic heterocycles. The second-order valence-corrected chi connectivity index (χ2v) is 6.47. The van der Waals surface area contributed by atoms with Crippen LogP contribution < -0.4 is 0 Å². The van der Waals surface area contributed by atoms with E-state index in [2.05, 4.69) is 22.1 Å². The molecular weight excluding hydrogens is 316 g/mol. The average molecular weight is 338 g/mol. The van der Waals surface area contributed by atoms with E-state index in [9.17, 15) is 9.59 Å². The summed E-state index contributed by atoms with van der Waals surface area (Å²) < 4.78 is 4.96. The first-order valence-corrected chi connectivity index (χ1v) is 8.68. The topological polar surface area (TPSA) is 69.2 Å². The number of rotatable bonds is 5. The van der Waals surface area contributed by atoms with Crippen LogP contribution in [-0.4, -0.2) is 28.3 Å². The first-order valence-electron chi connectivity index (χ1n) is 8.68. The molecule has 0 saturated heterocycles. The lowest BCUT2D eigenvalue weighted by molar-refractivity contribution is -0.121. The maximum absolute atomic E-state index is 11.7. The van der Waals surface area contributed by atoms with Crippen LogP contribution in [-0.2, 0) is 21.4 Å². The van der Waals surface area contributed by atoms with Crippen molar-refractivity contribution in [3.63, 3.8) is 0 Å². The van der Waals surface area contributed by atoms with E-state index in [1.807, 2.05) is 18.2 Å². The molecule has 1 aliphatic rings. The fraction of sp³-hybridized carbons (Fsp3) is 0.400. The van der Waals surface area contributed by atoms with Gasteiger partial charge in [0.1, 0.15) is 11.6 Å². The molecule has 1 saturated carbocycles. The summed E-state index contributed by atoms with van der Waals surface area (Å²) in [7, 11) is 0. The van der Waals surface area contributed by atoms with E-state index in [0.717, 1.165) is 12.8 Å². The number of carbonyl (C=O) groups excluding carboxylic acids is 2. The lowest BCUT2D eigenvalue weighted by atomic mass is 9.67. The van der Waals surface area contributed by atoms with Crippen LogP contribution in [0.1, 0.15) is 54.4 Å². The summed E-state index contributed by atoms with van der Waals surface area (Å²) in [5, 5.41) is 0. The van der Waals surface area contributed by atoms with Gasteiger partial charge < -0.3 is 4.74 Å². The molecule has 0 radical (unpaired) electrons. The van der Waals surface area contributed by atoms with Gasteiger partial charge in [-0.2, -0.15) is 0 Å². The third kappa shape index (κ3) is 3.92. The first-order chi connectivity index (χ1) is 12.1. The van der Waals surface area contributed by atoms with Crippen LogP contribution >= 0.6 is 0 Å². The number of benzene rings is 1. The third-order valence-electron chi connectivity index (χ3n) is 4.86. The van der Waals surface area contributed by atoms with Crippen molar-refractivity contribution in [2.24, 2.45) is 0 Å². The van der Waals surface area contributed by atoms with Gasteiger partial charge in [0, 0.05) is 37.1 Å². The fourth-order valence-electron chi connectivity index (χ4n) is 3.44. The second-order valence-electron chi connectivity index (χ2n) is 6.47. The summed E-state index contributed by atoms with van der Waals surface area (Å²) >= 11 is 0. The van der Waals surface area contributed by atoms with Gasteiger partial charge in [-0.15, -0.1) is 0 Å². The Balaban J connectivity index is 1.84. The molecule has 1 fully saturated rings. The highest BCUT2D eigenvalue weighted by atomic mass is 16.5. The van der Waals surface area contributed by atoms with Crippen molar-refractivity contribution in [1.29, 1.82) is 0 Å². The molecule has 0 aliphatic heterocycles. The largest absolute Gasteiger partial charge is 0.462 e. The van der Waals surface area contributed by atoms with Crippen LogP contribution in [0.15, 0.2) is 42.7 Å². The lowest BCUT2D eigenvalue weighted by Crippen LogP contribution is -2.35. The Bertz CT molecular complexity index is 731. The number of ether oxygens (including phenoxy) is 1. The van der Waals surface area contributed by atoms with Crippen molar-refractivity contribution >= 4 is 11.8 Å². The van der Waals surface area contributed by atoms with Gasteiger partial charge in [-0.05, 0) is 25.3 Å². The molecule has 25 heavy (non-hydrogen) atoms. The third-order valence-corrected chi connectivity index (χ3v) is 4.86. The van der Waals surface area contributed by atoms with Gasteiger partial charge in [-0.1, -0.05) is 30.3 Å². The average Bonchev–Trinajstić information content (AvgIpc) is 2.65. The SMILES string of the molecule is CCOC(=O)c1cnc(CC2(c3ccccc3)CCC(=O)CC2)nc1. The molecule has 1 aromatic carbocycles. The molecule has 0 N–H and O–H groups in total. The minimum Gasteiger partial charge on any atom is -0.462 e. The van der Waals surface area contributed by atoms with Crippen LogP contribution in [0.5, 0.6) is 0 Å². The summed E-state index contributed by atoms with van der Waals surface area (Å²) in [6.07, 6.45) is 6.50. The molecule has 130 valence electrons. The van der Waals surface area contributed by atoms with E-state index in [4.69, 9.17) is 4.74 Å². The zero-order valence-electron chi connectivity index (χ0n) is 14.4. The van der Waals surface area contributed by atoms with Crippen molar-refractivity contribution in [1.82, 2.24) is 9.97 Å². The minimum absolute atomic E-state index is 0.124. The van der Waals surface area contributed by atoms with Crippen molar-refractivity contribution in [3.8, 4) is 0 Å². The minimum atomic E-state index is -0.407. The van der Waals surface area contributed by atoms with Crippen LogP contribution in [0.2, 0.25) is 0 Å². The highest BCUT2D eigenvalue weighted by Gasteiger charge is 2.37. The highest BCUT2D eigenvalue weighted by Crippen LogP contribution is 2.40. The van der Waals surface area contributed by atoms with E-state index in [1.54, 1.807) is 6.92 Å². The van der Waals surface area contributed by atoms with Gasteiger partial charge >= 0.3 is 5.97 Å². The highest BCUT2D eigenvalue weighted by molar-refractivity contribution is 5.88. The number of esters is 1. The normalized spacial score (nSPS) is 16.4. The molecule has 0 atom stereocenters. The second kappa shape index (κ2) is 7.55. The lowest BCUT2D eigenvalue weighted by Gasteiger charge is -2.37. The maximum atomic E-state index is 11.7. The summed E-state index contributed by atoms with van der Waals surface area (Å²) in [6.45, 7) is 2.09. The van der Waals surface area contributed by atoms with Gasteiger partial charge in [0.05, 0.1) is 12.2 Å². The van der Waals surface area contributed by atoms with Crippen molar-refractivity contribution in [2.45, 2.75) is 44.4 Å². The van der Waals surface area contributed by atoms with E-state index in [1.165, 1.54) is 18.0 Å². The Labute approximate surface area is 147 Å². The van der Waals surface area contributed by atoms with E-state index >= 15 is 0 Å². The smallest absolute Gasteiger partial charge is 0.341 e. The van der Waals surface area contributed by atoms with Gasteiger partial charge in [-0.25, -0.2) is 14.8 Å². The maximum Gasteiger partial charge on any atom is 0.341 e. The van der Waals surface area contributed by atoms with Crippen molar-refractivity contribution in [2.75, 3.05) is 6.61 Å².